The number of hydrogen-bond acceptors (Lipinski definition) is 12. The van der Waals surface area contributed by atoms with Crippen LogP contribution in [-0.4, -0.2) is 169 Å². The molecule has 0 radical (unpaired) electrons. The lowest BCUT2D eigenvalue weighted by molar-refractivity contribution is -0.124. The maximum Gasteiger partial charge on any atom is 0.222 e. The van der Waals surface area contributed by atoms with Crippen molar-refractivity contribution in [3.63, 3.8) is 0 Å². The number of benzene rings is 1. The van der Waals surface area contributed by atoms with Crippen molar-refractivity contribution in [2.45, 2.75) is 51.9 Å². The van der Waals surface area contributed by atoms with Gasteiger partial charge in [-0.3, -0.25) is 19.5 Å². The normalized spacial score (nSPS) is 13.2. The van der Waals surface area contributed by atoms with Crippen LogP contribution in [0.4, 0.5) is 0 Å². The molecule has 1 aromatic rings. The second kappa shape index (κ2) is 32.9. The molecule has 0 aliphatic rings. The minimum absolute atomic E-state index is 0.0292. The van der Waals surface area contributed by atoms with Crippen LogP contribution in [0.3, 0.4) is 0 Å². The topological polar surface area (TPSA) is 196 Å². The zero-order valence-electron chi connectivity index (χ0n) is 32.7. The van der Waals surface area contributed by atoms with Crippen LogP contribution in [-0.2, 0) is 4.79 Å². The van der Waals surface area contributed by atoms with Gasteiger partial charge in [-0.25, -0.2) is 0 Å². The maximum absolute atomic E-state index is 12.9. The number of nitrogens with zero attached hydrogens (tertiary/aromatic N) is 4. The van der Waals surface area contributed by atoms with Crippen LogP contribution in [0.15, 0.2) is 30.3 Å². The Balaban J connectivity index is 2.56. The summed E-state index contributed by atoms with van der Waals surface area (Å²) in [6.07, 6.45) is 5.30. The fraction of sp³-hybridized carbons (Fsp3) is 0.816. The van der Waals surface area contributed by atoms with Gasteiger partial charge in [-0.15, -0.1) is 0 Å². The minimum Gasteiger partial charge on any atom is -0.355 e. The summed E-state index contributed by atoms with van der Waals surface area (Å²) in [6, 6.07) is 10.5. The highest BCUT2D eigenvalue weighted by Gasteiger charge is 2.19. The van der Waals surface area contributed by atoms with E-state index in [1.54, 1.807) is 0 Å². The molecule has 51 heavy (non-hydrogen) atoms. The molecular formula is C38H80N12O. The zero-order chi connectivity index (χ0) is 37.4. The summed E-state index contributed by atoms with van der Waals surface area (Å²) in [5.74, 6) is 0.501. The van der Waals surface area contributed by atoms with E-state index in [2.05, 4.69) is 66.7 Å². The molecule has 0 saturated heterocycles. The Morgan fingerprint density at radius 1 is 0.569 bits per heavy atom. The summed E-state index contributed by atoms with van der Waals surface area (Å²) in [6.45, 7) is 23.1. The van der Waals surface area contributed by atoms with Crippen LogP contribution in [0.25, 0.3) is 0 Å². The largest absolute Gasteiger partial charge is 0.355 e. The zero-order valence-corrected chi connectivity index (χ0v) is 32.7. The van der Waals surface area contributed by atoms with Crippen molar-refractivity contribution >= 4 is 5.91 Å². The Labute approximate surface area is 312 Å². The number of carbonyl (C=O) groups is 1. The molecule has 13 N–H and O–H groups in total. The molecule has 1 aromatic carbocycles. The summed E-state index contributed by atoms with van der Waals surface area (Å²) in [7, 11) is 0. The van der Waals surface area contributed by atoms with Gasteiger partial charge in [0.25, 0.3) is 0 Å². The molecule has 298 valence electrons. The average molecular weight is 721 g/mol. The van der Waals surface area contributed by atoms with Crippen LogP contribution in [0.1, 0.15) is 57.4 Å². The van der Waals surface area contributed by atoms with Gasteiger partial charge in [0.2, 0.25) is 5.91 Å². The summed E-state index contributed by atoms with van der Waals surface area (Å²) in [4.78, 5) is 22.8. The fourth-order valence-corrected chi connectivity index (χ4v) is 6.48. The number of unbranched alkanes of at least 4 members (excludes halogenated alkanes) is 2. The molecule has 2 atom stereocenters. The number of nitrogens with one attached hydrogen (secondary N) is 3. The van der Waals surface area contributed by atoms with Crippen molar-refractivity contribution in [1.29, 1.82) is 0 Å². The predicted molar refractivity (Wildman–Crippen MR) is 217 cm³/mol. The Morgan fingerprint density at radius 3 is 1.57 bits per heavy atom. The van der Waals surface area contributed by atoms with Crippen LogP contribution < -0.4 is 44.6 Å². The lowest BCUT2D eigenvalue weighted by Crippen LogP contribution is -2.45. The van der Waals surface area contributed by atoms with Gasteiger partial charge < -0.3 is 49.5 Å². The van der Waals surface area contributed by atoms with E-state index in [1.165, 1.54) is 18.4 Å². The highest BCUT2D eigenvalue weighted by Crippen LogP contribution is 2.26. The molecule has 0 aromatic heterocycles. The van der Waals surface area contributed by atoms with E-state index < -0.39 is 0 Å². The van der Waals surface area contributed by atoms with E-state index in [-0.39, 0.29) is 11.8 Å². The number of rotatable bonds is 36. The quantitative estimate of drug-likeness (QED) is 0.0422. The van der Waals surface area contributed by atoms with Crippen molar-refractivity contribution in [2.75, 3.05) is 144 Å². The number of amides is 1. The second-order valence-electron chi connectivity index (χ2n) is 13.8. The van der Waals surface area contributed by atoms with Gasteiger partial charge >= 0.3 is 0 Å². The van der Waals surface area contributed by atoms with Crippen LogP contribution >= 0.6 is 0 Å². The van der Waals surface area contributed by atoms with Crippen molar-refractivity contribution < 1.29 is 4.79 Å². The lowest BCUT2D eigenvalue weighted by Gasteiger charge is -2.30. The summed E-state index contributed by atoms with van der Waals surface area (Å²) in [5, 5.41) is 10.3. The first-order chi connectivity index (χ1) is 24.9. The molecule has 1 amide bonds. The highest BCUT2D eigenvalue weighted by atomic mass is 16.1. The summed E-state index contributed by atoms with van der Waals surface area (Å²) >= 11 is 0. The molecule has 2 unspecified atom stereocenters. The van der Waals surface area contributed by atoms with Crippen LogP contribution in [0.5, 0.6) is 0 Å². The van der Waals surface area contributed by atoms with E-state index in [1.807, 2.05) is 13.0 Å². The molecule has 0 bridgehead atoms. The Kier molecular flexibility index (Phi) is 30.5. The molecule has 0 aliphatic heterocycles. The van der Waals surface area contributed by atoms with E-state index >= 15 is 0 Å². The molecule has 0 fully saturated rings. The Morgan fingerprint density at radius 2 is 1.06 bits per heavy atom. The number of hydrogen-bond donors (Lipinski definition) is 8. The monoisotopic (exact) mass is 721 g/mol. The van der Waals surface area contributed by atoms with E-state index in [0.717, 1.165) is 131 Å². The third-order valence-electron chi connectivity index (χ3n) is 9.69. The van der Waals surface area contributed by atoms with Crippen molar-refractivity contribution in [2.24, 2.45) is 34.6 Å². The SMILES string of the molecule is CCC(CC(C)C(=O)NCCN(CCN)CCNCCN(CCNCCN)CCN(CCCCCN)CCN(CCN)CCN)c1ccccc1. The van der Waals surface area contributed by atoms with Gasteiger partial charge in [-0.2, -0.15) is 0 Å². The molecule has 0 aliphatic carbocycles. The van der Waals surface area contributed by atoms with E-state index in [9.17, 15) is 4.79 Å². The molecule has 0 saturated carbocycles. The third kappa shape index (κ3) is 24.2. The predicted octanol–water partition coefficient (Wildman–Crippen LogP) is -0.326. The summed E-state index contributed by atoms with van der Waals surface area (Å²) < 4.78 is 0. The molecule has 0 spiro atoms. The van der Waals surface area contributed by atoms with Crippen molar-refractivity contribution in [3.05, 3.63) is 35.9 Å². The molecule has 13 heteroatoms. The van der Waals surface area contributed by atoms with Crippen molar-refractivity contribution in [1.82, 2.24) is 35.6 Å². The first kappa shape index (κ1) is 47.3. The van der Waals surface area contributed by atoms with Crippen LogP contribution in [0, 0.1) is 5.92 Å². The third-order valence-corrected chi connectivity index (χ3v) is 9.69. The number of nitrogens with two attached hydrogens (primary N) is 5. The van der Waals surface area contributed by atoms with E-state index in [4.69, 9.17) is 28.7 Å². The van der Waals surface area contributed by atoms with Crippen LogP contribution in [0.2, 0.25) is 0 Å². The van der Waals surface area contributed by atoms with Crippen molar-refractivity contribution in [3.8, 4) is 0 Å². The number of carbonyl (C=O) groups excluding carboxylic acids is 1. The first-order valence-electron chi connectivity index (χ1n) is 20.1. The molecule has 0 heterocycles. The Bertz CT molecular complexity index is 908. The lowest BCUT2D eigenvalue weighted by atomic mass is 9.87. The minimum atomic E-state index is -0.0292. The van der Waals surface area contributed by atoms with Gasteiger partial charge in [0, 0.05) is 137 Å². The molecular weight excluding hydrogens is 641 g/mol. The van der Waals surface area contributed by atoms with Gasteiger partial charge in [0.05, 0.1) is 0 Å². The molecule has 1 rings (SSSR count). The Hall–Kier alpha value is -1.75. The highest BCUT2D eigenvalue weighted by molar-refractivity contribution is 5.78. The van der Waals surface area contributed by atoms with Gasteiger partial charge in [0.15, 0.2) is 0 Å². The molecule has 13 nitrogen and oxygen atoms in total. The smallest absolute Gasteiger partial charge is 0.222 e. The fourth-order valence-electron chi connectivity index (χ4n) is 6.48. The first-order valence-corrected chi connectivity index (χ1v) is 20.1. The summed E-state index contributed by atoms with van der Waals surface area (Å²) in [5.41, 5.74) is 30.5. The van der Waals surface area contributed by atoms with Gasteiger partial charge in [-0.1, -0.05) is 50.6 Å². The van der Waals surface area contributed by atoms with E-state index in [0.29, 0.717) is 38.6 Å². The maximum atomic E-state index is 12.9. The van der Waals surface area contributed by atoms with Gasteiger partial charge in [0.1, 0.15) is 0 Å². The average Bonchev–Trinajstić information content (AvgIpc) is 3.14. The standard InChI is InChI=1S/C38H80N12O/c1-3-36(37-10-6-4-7-11-37)34-35(2)38(51)46-21-29-49(25-16-43)26-19-45-20-28-50(27-18-44-17-13-40)33-31-47(22-9-5-8-12-39)30-32-48(23-14-41)24-15-42/h4,6-7,10-11,35-36,44-45H,3,5,8-9,12-34,39-43H2,1-2H3,(H,46,51). The second-order valence-corrected chi connectivity index (χ2v) is 13.8. The van der Waals surface area contributed by atoms with Gasteiger partial charge in [-0.05, 0) is 50.3 Å².